The summed E-state index contributed by atoms with van der Waals surface area (Å²) in [5, 5.41) is 8.81. The van der Waals surface area contributed by atoms with Gasteiger partial charge in [-0.1, -0.05) is 38.1 Å². The molecule has 2 aromatic rings. The zero-order chi connectivity index (χ0) is 39.8. The Morgan fingerprint density at radius 3 is 1.59 bits per heavy atom. The van der Waals surface area contributed by atoms with Crippen molar-refractivity contribution in [3.8, 4) is 23.0 Å². The zero-order valence-corrected chi connectivity index (χ0v) is 33.0. The van der Waals surface area contributed by atoms with Gasteiger partial charge >= 0.3 is 0 Å². The Labute approximate surface area is 322 Å². The highest BCUT2D eigenvalue weighted by Gasteiger charge is 2.33. The Kier molecular flexibility index (Phi) is 16.1. The molecule has 1 N–H and O–H groups in total. The maximum absolute atomic E-state index is 12.9. The standard InChI is InChI=1S/C20H27NO6S.C19H25NO4.C2H6/c1-25-18-14-17-15(8-9-16-7-6-10-21(16)20(17)22)13-19(18)26-11-4-3-5-12-27-28(2,23)24;1-23-17-13-16-14(12-18(17)24-11-4-2-3-10-21)7-8-15-6-5-9-20(15)19(16)22;1-2/h8-9,13-14,16H,3-7,10-12H2,1-2H3;7-8,12-13,15,21H,2-6,9-11H2,1H3;1-2H3/t16-;15-;/m00./s1/i;;1D. The number of carbonyl (C=O) groups is 2. The molecular weight excluding hydrogens is 713 g/mol. The van der Waals surface area contributed by atoms with E-state index in [0.29, 0.717) is 60.7 Å². The number of rotatable bonds is 16. The summed E-state index contributed by atoms with van der Waals surface area (Å²) in [5.74, 6) is 2.52. The highest BCUT2D eigenvalue weighted by atomic mass is 32.2. The van der Waals surface area contributed by atoms with Crippen LogP contribution in [0.5, 0.6) is 23.0 Å². The first-order valence-electron chi connectivity index (χ1n) is 19.7. The monoisotopic (exact) mass is 771 g/mol. The van der Waals surface area contributed by atoms with Gasteiger partial charge in [-0.05, 0) is 99.6 Å². The number of benzene rings is 2. The molecule has 2 atom stereocenters. The molecule has 4 aliphatic rings. The number of aliphatic hydroxyl groups is 1. The number of amides is 2. The fourth-order valence-corrected chi connectivity index (χ4v) is 7.34. The van der Waals surface area contributed by atoms with Gasteiger partial charge in [0.1, 0.15) is 0 Å². The van der Waals surface area contributed by atoms with E-state index in [1.807, 2.05) is 34.1 Å². The van der Waals surface area contributed by atoms with Crippen LogP contribution < -0.4 is 18.9 Å². The van der Waals surface area contributed by atoms with E-state index in [4.69, 9.17) is 29.6 Å². The van der Waals surface area contributed by atoms with E-state index < -0.39 is 10.1 Å². The van der Waals surface area contributed by atoms with Gasteiger partial charge in [0.15, 0.2) is 23.0 Å². The third-order valence-corrected chi connectivity index (χ3v) is 10.2. The first kappa shape index (κ1) is 41.1. The zero-order valence-electron chi connectivity index (χ0n) is 33.2. The quantitative estimate of drug-likeness (QED) is 0.144. The van der Waals surface area contributed by atoms with Crippen molar-refractivity contribution in [3.63, 3.8) is 0 Å². The molecule has 0 bridgehead atoms. The molecule has 298 valence electrons. The van der Waals surface area contributed by atoms with E-state index >= 15 is 0 Å². The summed E-state index contributed by atoms with van der Waals surface area (Å²) in [6.07, 6.45) is 18.2. The number of ether oxygens (including phenoxy) is 4. The third-order valence-electron chi connectivity index (χ3n) is 9.65. The number of methoxy groups -OCH3 is 2. The molecule has 0 aliphatic carbocycles. The SMILES string of the molecule is COc1cc2c(cc1OCCCCCO)C=C[C@@H]1CCCN1C2=O.COc1cc2c(cc1OCCCCCOS(C)(=O)=O)C=C[C@@H]1CCCN1C2=O.[2H]CC. The first-order valence-corrected chi connectivity index (χ1v) is 20.8. The van der Waals surface area contributed by atoms with Gasteiger partial charge in [-0.3, -0.25) is 13.8 Å². The highest BCUT2D eigenvalue weighted by molar-refractivity contribution is 7.85. The van der Waals surface area contributed by atoms with E-state index in [-0.39, 0.29) is 37.1 Å². The average molecular weight is 772 g/mol. The molecular formula is C41H58N2O10S. The molecule has 12 nitrogen and oxygen atoms in total. The first-order chi connectivity index (χ1) is 26.5. The smallest absolute Gasteiger partial charge is 0.264 e. The molecule has 0 saturated carbocycles. The van der Waals surface area contributed by atoms with Crippen molar-refractivity contribution in [2.24, 2.45) is 0 Å². The summed E-state index contributed by atoms with van der Waals surface area (Å²) in [4.78, 5) is 29.5. The number of hydrogen-bond donors (Lipinski definition) is 1. The van der Waals surface area contributed by atoms with E-state index in [0.717, 1.165) is 88.3 Å². The highest BCUT2D eigenvalue weighted by Crippen LogP contribution is 2.37. The summed E-state index contributed by atoms with van der Waals surface area (Å²) >= 11 is 0. The lowest BCUT2D eigenvalue weighted by Crippen LogP contribution is -2.33. The molecule has 0 unspecified atom stereocenters. The number of carbonyl (C=O) groups excluding carboxylic acids is 2. The number of unbranched alkanes of at least 4 members (excludes halogenated alkanes) is 4. The maximum Gasteiger partial charge on any atom is 0.264 e. The summed E-state index contributed by atoms with van der Waals surface area (Å²) < 4.78 is 55.3. The minimum absolute atomic E-state index is 0.0400. The topological polar surface area (TPSA) is 141 Å². The molecule has 13 heteroatoms. The van der Waals surface area contributed by atoms with Gasteiger partial charge in [0.25, 0.3) is 21.9 Å². The molecule has 2 saturated heterocycles. The van der Waals surface area contributed by atoms with Crippen molar-refractivity contribution < 1.29 is 47.6 Å². The second-order valence-corrected chi connectivity index (χ2v) is 15.0. The molecule has 4 heterocycles. The van der Waals surface area contributed by atoms with Crippen LogP contribution in [0.15, 0.2) is 36.4 Å². The lowest BCUT2D eigenvalue weighted by molar-refractivity contribution is 0.0755. The van der Waals surface area contributed by atoms with Crippen LogP contribution in [0, 0.1) is 0 Å². The minimum Gasteiger partial charge on any atom is -0.493 e. The number of nitrogens with zero attached hydrogens (tertiary/aromatic N) is 2. The fraction of sp³-hybridized carbons (Fsp3) is 0.561. The van der Waals surface area contributed by atoms with Crippen molar-refractivity contribution in [1.82, 2.24) is 9.80 Å². The van der Waals surface area contributed by atoms with Crippen LogP contribution in [0.3, 0.4) is 0 Å². The summed E-state index contributed by atoms with van der Waals surface area (Å²) in [7, 11) is -0.221. The molecule has 0 radical (unpaired) electrons. The lowest BCUT2D eigenvalue weighted by Gasteiger charge is -2.21. The normalized spacial score (nSPS) is 18.4. The number of hydrogen-bond acceptors (Lipinski definition) is 10. The van der Waals surface area contributed by atoms with E-state index in [1.54, 1.807) is 33.3 Å². The average Bonchev–Trinajstić information content (AvgIpc) is 3.80. The van der Waals surface area contributed by atoms with Gasteiger partial charge < -0.3 is 33.9 Å². The van der Waals surface area contributed by atoms with Crippen LogP contribution in [0.1, 0.15) is 111 Å². The summed E-state index contributed by atoms with van der Waals surface area (Å²) in [6.45, 7) is 5.34. The third kappa shape index (κ3) is 11.5. The van der Waals surface area contributed by atoms with Crippen LogP contribution in [0.4, 0.5) is 0 Å². The molecule has 2 aromatic carbocycles. The maximum atomic E-state index is 12.9. The second-order valence-electron chi connectivity index (χ2n) is 13.4. The van der Waals surface area contributed by atoms with Crippen LogP contribution >= 0.6 is 0 Å². The van der Waals surface area contributed by atoms with Crippen LogP contribution in [-0.4, -0.2) is 107 Å². The Hall–Kier alpha value is -4.07. The molecule has 54 heavy (non-hydrogen) atoms. The number of aliphatic hydroxyl groups excluding tert-OH is 1. The molecule has 4 aliphatic heterocycles. The van der Waals surface area contributed by atoms with Gasteiger partial charge in [0.2, 0.25) is 0 Å². The van der Waals surface area contributed by atoms with Gasteiger partial charge in [0.05, 0.1) is 63.5 Å². The molecule has 2 amide bonds. The van der Waals surface area contributed by atoms with E-state index in [1.165, 1.54) is 0 Å². The van der Waals surface area contributed by atoms with Gasteiger partial charge in [-0.15, -0.1) is 0 Å². The summed E-state index contributed by atoms with van der Waals surface area (Å²) in [6, 6.07) is 7.70. The number of fused-ring (bicyclic) bond motifs is 4. The molecule has 0 aromatic heterocycles. The van der Waals surface area contributed by atoms with Crippen LogP contribution in [0.25, 0.3) is 12.2 Å². The summed E-state index contributed by atoms with van der Waals surface area (Å²) in [5.41, 5.74) is 3.06. The van der Waals surface area contributed by atoms with Crippen LogP contribution in [-0.2, 0) is 14.3 Å². The van der Waals surface area contributed by atoms with Crippen molar-refractivity contribution in [2.45, 2.75) is 90.1 Å². The van der Waals surface area contributed by atoms with Crippen molar-refractivity contribution in [3.05, 3.63) is 58.7 Å². The molecule has 6 rings (SSSR count). The van der Waals surface area contributed by atoms with E-state index in [9.17, 15) is 18.0 Å². The largest absolute Gasteiger partial charge is 0.493 e. The predicted molar refractivity (Wildman–Crippen MR) is 210 cm³/mol. The van der Waals surface area contributed by atoms with E-state index in [2.05, 4.69) is 12.2 Å². The van der Waals surface area contributed by atoms with Crippen molar-refractivity contribution in [2.75, 3.05) is 60.0 Å². The second kappa shape index (κ2) is 21.1. The molecule has 0 spiro atoms. The van der Waals surface area contributed by atoms with Gasteiger partial charge in [-0.25, -0.2) is 0 Å². The predicted octanol–water partition coefficient (Wildman–Crippen LogP) is 6.75. The van der Waals surface area contributed by atoms with Gasteiger partial charge in [0, 0.05) is 21.1 Å². The fourth-order valence-electron chi connectivity index (χ4n) is 6.92. The molecule has 2 fully saturated rings. The van der Waals surface area contributed by atoms with Crippen LogP contribution in [0.2, 0.25) is 0 Å². The van der Waals surface area contributed by atoms with Crippen molar-refractivity contribution in [1.29, 1.82) is 0 Å². The van der Waals surface area contributed by atoms with Gasteiger partial charge in [-0.2, -0.15) is 8.42 Å². The van der Waals surface area contributed by atoms with Crippen molar-refractivity contribution >= 4 is 34.1 Å². The Balaban J connectivity index is 0.000000231. The Morgan fingerprint density at radius 1 is 0.722 bits per heavy atom. The lowest BCUT2D eigenvalue weighted by atomic mass is 10.1. The Morgan fingerprint density at radius 2 is 1.17 bits per heavy atom. The minimum atomic E-state index is -3.38. The Bertz CT molecular complexity index is 1750.